The van der Waals surface area contributed by atoms with Gasteiger partial charge in [0.05, 0.1) is 5.60 Å². The highest BCUT2D eigenvalue weighted by atomic mass is 16.6. The van der Waals surface area contributed by atoms with Crippen molar-refractivity contribution in [3.05, 3.63) is 65.2 Å². The molecule has 1 fully saturated rings. The normalized spacial score (nSPS) is 23.9. The first kappa shape index (κ1) is 26.6. The van der Waals surface area contributed by atoms with Gasteiger partial charge in [0.2, 0.25) is 0 Å². The molecule has 9 heteroatoms. The minimum absolute atomic E-state index is 0.0747. The molecule has 1 aliphatic heterocycles. The second kappa shape index (κ2) is 10.9. The lowest BCUT2D eigenvalue weighted by molar-refractivity contribution is -0.149. The molecule has 1 heterocycles. The van der Waals surface area contributed by atoms with E-state index in [1.807, 2.05) is 48.5 Å². The van der Waals surface area contributed by atoms with Gasteiger partial charge in [-0.25, -0.2) is 4.79 Å². The van der Waals surface area contributed by atoms with Crippen LogP contribution in [0.1, 0.15) is 49.8 Å². The highest BCUT2D eigenvalue weighted by Gasteiger charge is 2.44. The van der Waals surface area contributed by atoms with Crippen molar-refractivity contribution in [1.29, 1.82) is 5.41 Å². The Kier molecular flexibility index (Phi) is 7.85. The molecule has 198 valence electrons. The number of aryl methyl sites for hydroxylation is 1. The summed E-state index contributed by atoms with van der Waals surface area (Å²) in [5.74, 6) is 0.879. The molecule has 37 heavy (non-hydrogen) atoms. The highest BCUT2D eigenvalue weighted by Crippen LogP contribution is 2.35. The van der Waals surface area contributed by atoms with E-state index >= 15 is 0 Å². The van der Waals surface area contributed by atoms with E-state index < -0.39 is 17.3 Å². The number of ether oxygens (including phenoxy) is 3. The van der Waals surface area contributed by atoms with Crippen LogP contribution in [0.3, 0.4) is 0 Å². The van der Waals surface area contributed by atoms with Gasteiger partial charge in [0.15, 0.2) is 11.4 Å². The van der Waals surface area contributed by atoms with Crippen LogP contribution in [0.25, 0.3) is 0 Å². The SMILES string of the molecule is CO[C@](C)(C(C)=O)[C@H]1CCc2cc(C(=N)N[C@H]3C[C@](O)(CNC(=O)OCc4ccccc4)C3)ccc2O1. The molecule has 4 rings (SSSR count). The summed E-state index contributed by atoms with van der Waals surface area (Å²) in [5.41, 5.74) is 0.554. The van der Waals surface area contributed by atoms with E-state index in [1.165, 1.54) is 14.0 Å². The molecule has 9 nitrogen and oxygen atoms in total. The zero-order chi connectivity index (χ0) is 26.6. The number of carbonyl (C=O) groups is 2. The van der Waals surface area contributed by atoms with Crippen LogP contribution in [0.15, 0.2) is 48.5 Å². The van der Waals surface area contributed by atoms with Gasteiger partial charge in [-0.1, -0.05) is 30.3 Å². The molecule has 4 N–H and O–H groups in total. The average molecular weight is 510 g/mol. The van der Waals surface area contributed by atoms with Crippen molar-refractivity contribution >= 4 is 17.7 Å². The number of benzene rings is 2. The Morgan fingerprint density at radius 1 is 1.22 bits per heavy atom. The van der Waals surface area contributed by atoms with E-state index in [0.29, 0.717) is 31.4 Å². The Hall–Kier alpha value is -3.43. The lowest BCUT2D eigenvalue weighted by atomic mass is 9.75. The summed E-state index contributed by atoms with van der Waals surface area (Å²) in [6.45, 7) is 3.52. The number of amidine groups is 1. The van der Waals surface area contributed by atoms with Crippen molar-refractivity contribution in [2.24, 2.45) is 0 Å². The van der Waals surface area contributed by atoms with Crippen molar-refractivity contribution in [2.45, 2.75) is 69.5 Å². The molecule has 1 aliphatic carbocycles. The Labute approximate surface area is 217 Å². The van der Waals surface area contributed by atoms with Crippen LogP contribution in [0.5, 0.6) is 5.75 Å². The van der Waals surface area contributed by atoms with E-state index in [-0.39, 0.29) is 36.9 Å². The van der Waals surface area contributed by atoms with Gasteiger partial charge in [-0.15, -0.1) is 0 Å². The fourth-order valence-electron chi connectivity index (χ4n) is 4.84. The van der Waals surface area contributed by atoms with Crippen molar-refractivity contribution in [2.75, 3.05) is 13.7 Å². The van der Waals surface area contributed by atoms with Crippen LogP contribution < -0.4 is 15.4 Å². The summed E-state index contributed by atoms with van der Waals surface area (Å²) in [4.78, 5) is 24.1. The molecule has 2 aromatic carbocycles. The molecule has 0 spiro atoms. The lowest BCUT2D eigenvalue weighted by Crippen LogP contribution is -2.59. The predicted molar refractivity (Wildman–Crippen MR) is 138 cm³/mol. The maximum atomic E-state index is 12.1. The lowest BCUT2D eigenvalue weighted by Gasteiger charge is -2.44. The number of fused-ring (bicyclic) bond motifs is 1. The Balaban J connectivity index is 1.23. The molecule has 1 saturated carbocycles. The van der Waals surface area contributed by atoms with Crippen LogP contribution >= 0.6 is 0 Å². The largest absolute Gasteiger partial charge is 0.487 e. The Bertz CT molecular complexity index is 1150. The third kappa shape index (κ3) is 6.11. The number of aliphatic hydroxyl groups is 1. The zero-order valence-corrected chi connectivity index (χ0v) is 21.5. The van der Waals surface area contributed by atoms with Crippen molar-refractivity contribution < 1.29 is 28.9 Å². The first-order valence-corrected chi connectivity index (χ1v) is 12.5. The number of Topliss-reactive ketones (excluding diaryl/α,β-unsaturated/α-hetero) is 1. The van der Waals surface area contributed by atoms with Gasteiger partial charge in [0, 0.05) is 25.3 Å². The van der Waals surface area contributed by atoms with Crippen LogP contribution in [0.2, 0.25) is 0 Å². The molecule has 0 aromatic heterocycles. The van der Waals surface area contributed by atoms with Crippen molar-refractivity contribution in [1.82, 2.24) is 10.6 Å². The standard InChI is InChI=1S/C28H35N3O6/c1-18(32)27(2,35-3)24-12-10-20-13-21(9-11-23(20)37-24)25(29)31-22-14-28(34,15-22)17-30-26(33)36-16-19-7-5-4-6-8-19/h4-9,11,13,22,24,34H,10,12,14-17H2,1-3H3,(H2,29,31)(H,30,33)/t22-,24-,27-,28+/m1/s1. The van der Waals surface area contributed by atoms with Gasteiger partial charge in [0.1, 0.15) is 24.3 Å². The minimum Gasteiger partial charge on any atom is -0.487 e. The molecule has 0 unspecified atom stereocenters. The average Bonchev–Trinajstić information content (AvgIpc) is 2.89. The van der Waals surface area contributed by atoms with E-state index in [9.17, 15) is 14.7 Å². The van der Waals surface area contributed by atoms with E-state index in [0.717, 1.165) is 16.7 Å². The summed E-state index contributed by atoms with van der Waals surface area (Å²) in [6, 6.07) is 14.9. The van der Waals surface area contributed by atoms with Crippen molar-refractivity contribution in [3.63, 3.8) is 0 Å². The topological polar surface area (TPSA) is 130 Å². The van der Waals surface area contributed by atoms with E-state index in [1.54, 1.807) is 6.92 Å². The number of nitrogens with one attached hydrogen (secondary N) is 3. The van der Waals surface area contributed by atoms with Crippen molar-refractivity contribution in [3.8, 4) is 5.75 Å². The summed E-state index contributed by atoms with van der Waals surface area (Å²) >= 11 is 0. The van der Waals surface area contributed by atoms with Crippen LogP contribution in [0, 0.1) is 5.41 Å². The van der Waals surface area contributed by atoms with Gasteiger partial charge in [0.25, 0.3) is 0 Å². The number of carbonyl (C=O) groups excluding carboxylic acids is 2. The third-order valence-corrected chi connectivity index (χ3v) is 7.41. The number of hydrogen-bond donors (Lipinski definition) is 4. The van der Waals surface area contributed by atoms with E-state index in [2.05, 4.69) is 10.6 Å². The molecule has 1 amide bonds. The third-order valence-electron chi connectivity index (χ3n) is 7.41. The van der Waals surface area contributed by atoms with Crippen LogP contribution in [0.4, 0.5) is 4.79 Å². The second-order valence-corrected chi connectivity index (χ2v) is 10.1. The van der Waals surface area contributed by atoms with Gasteiger partial charge in [-0.2, -0.15) is 0 Å². The highest BCUT2D eigenvalue weighted by molar-refractivity contribution is 5.97. The predicted octanol–water partition coefficient (Wildman–Crippen LogP) is 3.11. The monoisotopic (exact) mass is 509 g/mol. The maximum Gasteiger partial charge on any atom is 0.407 e. The Morgan fingerprint density at radius 2 is 1.95 bits per heavy atom. The number of alkyl carbamates (subject to hydrolysis) is 1. The van der Waals surface area contributed by atoms with Crippen LogP contribution in [-0.4, -0.2) is 59.8 Å². The number of amides is 1. The molecule has 2 atom stereocenters. The molecule has 0 radical (unpaired) electrons. The van der Waals surface area contributed by atoms with Gasteiger partial charge >= 0.3 is 6.09 Å². The summed E-state index contributed by atoms with van der Waals surface area (Å²) in [5, 5.41) is 24.9. The summed E-state index contributed by atoms with van der Waals surface area (Å²) < 4.78 is 16.8. The molecule has 0 saturated heterocycles. The smallest absolute Gasteiger partial charge is 0.407 e. The Morgan fingerprint density at radius 3 is 2.62 bits per heavy atom. The fraction of sp³-hybridized carbons (Fsp3) is 0.464. The number of methoxy groups -OCH3 is 1. The molecule has 0 bridgehead atoms. The minimum atomic E-state index is -1.03. The number of ketones is 1. The molecule has 2 aromatic rings. The van der Waals surface area contributed by atoms with Crippen LogP contribution in [-0.2, 0) is 27.3 Å². The summed E-state index contributed by atoms with van der Waals surface area (Å²) in [6.07, 6.45) is 1.21. The fourth-order valence-corrected chi connectivity index (χ4v) is 4.84. The van der Waals surface area contributed by atoms with Gasteiger partial charge in [-0.3, -0.25) is 10.2 Å². The van der Waals surface area contributed by atoms with Gasteiger partial charge in [-0.05, 0) is 68.9 Å². The summed E-state index contributed by atoms with van der Waals surface area (Å²) in [7, 11) is 1.52. The van der Waals surface area contributed by atoms with E-state index in [4.69, 9.17) is 19.6 Å². The quantitative estimate of drug-likeness (QED) is 0.302. The first-order chi connectivity index (χ1) is 17.6. The second-order valence-electron chi connectivity index (χ2n) is 10.1. The number of rotatable bonds is 9. The molecule has 2 aliphatic rings. The zero-order valence-electron chi connectivity index (χ0n) is 21.5. The van der Waals surface area contributed by atoms with Gasteiger partial charge < -0.3 is 30.0 Å². The maximum absolute atomic E-state index is 12.1. The molecular formula is C28H35N3O6. The number of hydrogen-bond acceptors (Lipinski definition) is 7. The first-order valence-electron chi connectivity index (χ1n) is 12.5. The molecular weight excluding hydrogens is 474 g/mol.